The number of amides is 3. The highest BCUT2D eigenvalue weighted by Gasteiger charge is 2.22. The zero-order valence-corrected chi connectivity index (χ0v) is 10.9. The van der Waals surface area contributed by atoms with E-state index in [4.69, 9.17) is 10.8 Å². The lowest BCUT2D eigenvalue weighted by Gasteiger charge is -2.18. The van der Waals surface area contributed by atoms with E-state index >= 15 is 0 Å². The first-order valence-corrected chi connectivity index (χ1v) is 5.79. The van der Waals surface area contributed by atoms with Crippen molar-refractivity contribution in [3.63, 3.8) is 0 Å². The first-order valence-electron chi connectivity index (χ1n) is 5.79. The van der Waals surface area contributed by atoms with E-state index < -0.39 is 30.4 Å². The summed E-state index contributed by atoms with van der Waals surface area (Å²) in [5.41, 5.74) is 4.89. The van der Waals surface area contributed by atoms with Crippen molar-refractivity contribution in [1.29, 1.82) is 0 Å². The molecule has 0 saturated heterocycles. The first kappa shape index (κ1) is 16.2. The van der Waals surface area contributed by atoms with Crippen molar-refractivity contribution in [3.8, 4) is 0 Å². The van der Waals surface area contributed by atoms with E-state index in [1.54, 1.807) is 0 Å². The van der Waals surface area contributed by atoms with Crippen LogP contribution in [0.4, 0.5) is 4.79 Å². The monoisotopic (exact) mass is 259 g/mol. The van der Waals surface area contributed by atoms with Crippen molar-refractivity contribution in [1.82, 2.24) is 10.6 Å². The molecule has 18 heavy (non-hydrogen) atoms. The van der Waals surface area contributed by atoms with E-state index in [9.17, 15) is 14.4 Å². The molecule has 0 radical (unpaired) electrons. The third-order valence-electron chi connectivity index (χ3n) is 2.73. The summed E-state index contributed by atoms with van der Waals surface area (Å²) >= 11 is 0. The van der Waals surface area contributed by atoms with Crippen molar-refractivity contribution in [2.75, 3.05) is 6.54 Å². The lowest BCUT2D eigenvalue weighted by atomic mass is 9.98. The number of rotatable bonds is 7. The van der Waals surface area contributed by atoms with Gasteiger partial charge >= 0.3 is 12.0 Å². The van der Waals surface area contributed by atoms with Gasteiger partial charge in [-0.25, -0.2) is 9.59 Å². The smallest absolute Gasteiger partial charge is 0.326 e. The molecule has 0 aliphatic rings. The summed E-state index contributed by atoms with van der Waals surface area (Å²) < 4.78 is 0. The molecule has 0 rings (SSSR count). The fourth-order valence-corrected chi connectivity index (χ4v) is 1.10. The van der Waals surface area contributed by atoms with Crippen LogP contribution in [0.15, 0.2) is 0 Å². The van der Waals surface area contributed by atoms with Crippen LogP contribution >= 0.6 is 0 Å². The van der Waals surface area contributed by atoms with Gasteiger partial charge in [-0.1, -0.05) is 20.8 Å². The van der Waals surface area contributed by atoms with E-state index in [1.807, 2.05) is 20.8 Å². The van der Waals surface area contributed by atoms with Crippen LogP contribution in [0.3, 0.4) is 0 Å². The molecule has 0 bridgehead atoms. The standard InChI is InChI=1S/C11H21N3O4/c1-6(2)7(3)5-13-11(18)14-8(10(16)17)4-9(12)15/h6-8H,4-5H2,1-3H3,(H2,12,15)(H,16,17)(H2,13,14,18). The average Bonchev–Trinajstić information content (AvgIpc) is 2.23. The van der Waals surface area contributed by atoms with Crippen LogP contribution in [0, 0.1) is 11.8 Å². The molecule has 104 valence electrons. The predicted molar refractivity (Wildman–Crippen MR) is 65.8 cm³/mol. The number of nitrogens with one attached hydrogen (secondary N) is 2. The minimum Gasteiger partial charge on any atom is -0.480 e. The summed E-state index contributed by atoms with van der Waals surface area (Å²) in [4.78, 5) is 32.8. The maximum absolute atomic E-state index is 11.4. The number of primary amides is 1. The summed E-state index contributed by atoms with van der Waals surface area (Å²) in [6.45, 7) is 6.46. The van der Waals surface area contributed by atoms with Gasteiger partial charge < -0.3 is 21.5 Å². The number of aliphatic carboxylic acids is 1. The van der Waals surface area contributed by atoms with Gasteiger partial charge in [0.2, 0.25) is 5.91 Å². The second kappa shape index (κ2) is 7.52. The highest BCUT2D eigenvalue weighted by Crippen LogP contribution is 2.07. The van der Waals surface area contributed by atoms with Gasteiger partial charge in [-0.15, -0.1) is 0 Å². The number of urea groups is 1. The predicted octanol–water partition coefficient (Wildman–Crippen LogP) is -0.0937. The third-order valence-corrected chi connectivity index (χ3v) is 2.73. The minimum atomic E-state index is -1.29. The highest BCUT2D eigenvalue weighted by atomic mass is 16.4. The van der Waals surface area contributed by atoms with Crippen LogP contribution in [-0.4, -0.2) is 35.6 Å². The fourth-order valence-electron chi connectivity index (χ4n) is 1.10. The molecule has 0 heterocycles. The highest BCUT2D eigenvalue weighted by molar-refractivity contribution is 5.87. The number of carbonyl (C=O) groups is 3. The second-order valence-electron chi connectivity index (χ2n) is 4.64. The molecule has 0 aliphatic carbocycles. The van der Waals surface area contributed by atoms with E-state index in [0.717, 1.165) is 0 Å². The maximum atomic E-state index is 11.4. The quantitative estimate of drug-likeness (QED) is 0.510. The number of hydrogen-bond acceptors (Lipinski definition) is 3. The van der Waals surface area contributed by atoms with Crippen molar-refractivity contribution in [2.24, 2.45) is 17.6 Å². The maximum Gasteiger partial charge on any atom is 0.326 e. The SMILES string of the molecule is CC(C)C(C)CNC(=O)NC(CC(N)=O)C(=O)O. The Balaban J connectivity index is 4.18. The van der Waals surface area contributed by atoms with Crippen molar-refractivity contribution >= 4 is 17.9 Å². The van der Waals surface area contributed by atoms with Gasteiger partial charge in [0.05, 0.1) is 6.42 Å². The molecule has 2 atom stereocenters. The summed E-state index contributed by atoms with van der Waals surface area (Å²) in [5, 5.41) is 13.5. The normalized spacial score (nSPS) is 13.8. The molecule has 0 aromatic rings. The second-order valence-corrected chi connectivity index (χ2v) is 4.64. The van der Waals surface area contributed by atoms with Crippen LogP contribution in [-0.2, 0) is 9.59 Å². The van der Waals surface area contributed by atoms with Crippen LogP contribution in [0.2, 0.25) is 0 Å². The fraction of sp³-hybridized carbons (Fsp3) is 0.727. The van der Waals surface area contributed by atoms with E-state index in [2.05, 4.69) is 10.6 Å². The average molecular weight is 259 g/mol. The molecule has 0 aliphatic heterocycles. The molecular weight excluding hydrogens is 238 g/mol. The summed E-state index contributed by atoms with van der Waals surface area (Å²) in [7, 11) is 0. The molecular formula is C11H21N3O4. The molecule has 5 N–H and O–H groups in total. The Labute approximate surface area is 106 Å². The van der Waals surface area contributed by atoms with Gasteiger partial charge in [-0.05, 0) is 11.8 Å². The summed E-state index contributed by atoms with van der Waals surface area (Å²) in [5.74, 6) is -1.39. The Kier molecular flexibility index (Phi) is 6.77. The Morgan fingerprint density at radius 1 is 1.22 bits per heavy atom. The minimum absolute atomic E-state index is 0.273. The third kappa shape index (κ3) is 6.72. The number of nitrogens with two attached hydrogens (primary N) is 1. The molecule has 0 spiro atoms. The van der Waals surface area contributed by atoms with Gasteiger partial charge in [0, 0.05) is 6.54 Å². The van der Waals surface area contributed by atoms with Gasteiger partial charge in [-0.3, -0.25) is 4.79 Å². The van der Waals surface area contributed by atoms with E-state index in [-0.39, 0.29) is 5.92 Å². The molecule has 0 aromatic heterocycles. The number of carboxylic acid groups (broad SMARTS) is 1. The Morgan fingerprint density at radius 3 is 2.17 bits per heavy atom. The van der Waals surface area contributed by atoms with Gasteiger partial charge in [0.15, 0.2) is 0 Å². The molecule has 7 heteroatoms. The van der Waals surface area contributed by atoms with Crippen LogP contribution in [0.25, 0.3) is 0 Å². The lowest BCUT2D eigenvalue weighted by molar-refractivity contribution is -0.140. The zero-order chi connectivity index (χ0) is 14.3. The Hall–Kier alpha value is -1.79. The molecule has 2 unspecified atom stereocenters. The number of hydrogen-bond donors (Lipinski definition) is 4. The van der Waals surface area contributed by atoms with E-state index in [1.165, 1.54) is 0 Å². The Bertz CT molecular complexity index is 317. The molecule has 3 amide bonds. The molecule has 0 fully saturated rings. The lowest BCUT2D eigenvalue weighted by Crippen LogP contribution is -2.48. The van der Waals surface area contributed by atoms with Gasteiger partial charge in [0.1, 0.15) is 6.04 Å². The van der Waals surface area contributed by atoms with Crippen LogP contribution < -0.4 is 16.4 Å². The first-order chi connectivity index (χ1) is 8.23. The van der Waals surface area contributed by atoms with Gasteiger partial charge in [-0.2, -0.15) is 0 Å². The molecule has 0 saturated carbocycles. The van der Waals surface area contributed by atoms with Crippen LogP contribution in [0.1, 0.15) is 27.2 Å². The molecule has 0 aromatic carbocycles. The van der Waals surface area contributed by atoms with Crippen LogP contribution in [0.5, 0.6) is 0 Å². The topological polar surface area (TPSA) is 122 Å². The Morgan fingerprint density at radius 2 is 1.78 bits per heavy atom. The van der Waals surface area contributed by atoms with Crippen molar-refractivity contribution in [2.45, 2.75) is 33.2 Å². The van der Waals surface area contributed by atoms with Gasteiger partial charge in [0.25, 0.3) is 0 Å². The van der Waals surface area contributed by atoms with E-state index in [0.29, 0.717) is 12.5 Å². The molecule has 7 nitrogen and oxygen atoms in total. The summed E-state index contributed by atoms with van der Waals surface area (Å²) in [6.07, 6.45) is -0.428. The van der Waals surface area contributed by atoms with Crippen molar-refractivity contribution < 1.29 is 19.5 Å². The number of carbonyl (C=O) groups excluding carboxylic acids is 2. The number of carboxylic acids is 1. The largest absolute Gasteiger partial charge is 0.480 e. The van der Waals surface area contributed by atoms with Crippen molar-refractivity contribution in [3.05, 3.63) is 0 Å². The summed E-state index contributed by atoms with van der Waals surface area (Å²) in [6, 6.07) is -1.91. The zero-order valence-electron chi connectivity index (χ0n) is 10.9.